The summed E-state index contributed by atoms with van der Waals surface area (Å²) in [5.74, 6) is 0.208. The molecule has 0 radical (unpaired) electrons. The highest BCUT2D eigenvalue weighted by molar-refractivity contribution is 5.69. The van der Waals surface area contributed by atoms with Crippen molar-refractivity contribution >= 4 is 11.9 Å². The summed E-state index contributed by atoms with van der Waals surface area (Å²) in [6.07, 6.45) is 0.623. The summed E-state index contributed by atoms with van der Waals surface area (Å²) in [6, 6.07) is 9.71. The van der Waals surface area contributed by atoms with Crippen molar-refractivity contribution in [2.75, 3.05) is 0 Å². The molecular weight excluding hydrogens is 344 g/mol. The molecule has 1 aromatic carbocycles. The summed E-state index contributed by atoms with van der Waals surface area (Å²) >= 11 is 0. The van der Waals surface area contributed by atoms with E-state index in [4.69, 9.17) is 14.9 Å². The minimum absolute atomic E-state index is 0.121. The quantitative estimate of drug-likeness (QED) is 0.654. The molecule has 0 saturated heterocycles. The number of aliphatic hydroxyl groups is 1. The number of ether oxygens (including phenoxy) is 1. The minimum atomic E-state index is -0.713. The third-order valence-electron chi connectivity index (χ3n) is 3.37. The molecule has 0 heterocycles. The number of carbonyl (C=O) groups is 2. The number of hydrogen-bond acceptors (Lipinski definition) is 4. The van der Waals surface area contributed by atoms with Gasteiger partial charge >= 0.3 is 11.9 Å². The van der Waals surface area contributed by atoms with Gasteiger partial charge in [-0.3, -0.25) is 9.59 Å². The summed E-state index contributed by atoms with van der Waals surface area (Å²) in [5.41, 5.74) is 1.03. The average molecular weight is 383 g/mol. The SMILES string of the molecule is CC(C)C(C)O.CC(C)CC(=O)O.CC(C)CC(=O)OCc1ccccc1. The lowest BCUT2D eigenvalue weighted by molar-refractivity contribution is -0.145. The fourth-order valence-corrected chi connectivity index (χ4v) is 1.48. The van der Waals surface area contributed by atoms with Crippen LogP contribution in [-0.2, 0) is 20.9 Å². The summed E-state index contributed by atoms with van der Waals surface area (Å²) in [7, 11) is 0. The van der Waals surface area contributed by atoms with Crippen LogP contribution in [0.3, 0.4) is 0 Å². The van der Waals surface area contributed by atoms with Crippen LogP contribution in [0, 0.1) is 17.8 Å². The van der Waals surface area contributed by atoms with Gasteiger partial charge in [-0.25, -0.2) is 0 Å². The first-order valence-corrected chi connectivity index (χ1v) is 9.55. The van der Waals surface area contributed by atoms with Gasteiger partial charge in [-0.1, -0.05) is 71.9 Å². The first kappa shape index (κ1) is 27.3. The molecule has 5 heteroatoms. The Morgan fingerprint density at radius 3 is 1.63 bits per heavy atom. The van der Waals surface area contributed by atoms with Crippen molar-refractivity contribution in [3.05, 3.63) is 35.9 Å². The fourth-order valence-electron chi connectivity index (χ4n) is 1.48. The molecule has 0 aliphatic heterocycles. The van der Waals surface area contributed by atoms with Crippen LogP contribution in [0.15, 0.2) is 30.3 Å². The van der Waals surface area contributed by atoms with E-state index in [2.05, 4.69) is 0 Å². The smallest absolute Gasteiger partial charge is 0.306 e. The molecule has 2 N–H and O–H groups in total. The predicted octanol–water partition coefficient (Wildman–Crippen LogP) is 4.92. The third kappa shape index (κ3) is 22.1. The Hall–Kier alpha value is -1.88. The minimum Gasteiger partial charge on any atom is -0.481 e. The molecule has 1 aromatic rings. The highest BCUT2D eigenvalue weighted by Gasteiger charge is 2.05. The van der Waals surface area contributed by atoms with Gasteiger partial charge in [0.2, 0.25) is 0 Å². The molecule has 0 aliphatic carbocycles. The van der Waals surface area contributed by atoms with E-state index in [-0.39, 0.29) is 24.4 Å². The van der Waals surface area contributed by atoms with Crippen molar-refractivity contribution in [3.63, 3.8) is 0 Å². The maximum atomic E-state index is 11.2. The molecule has 0 aromatic heterocycles. The predicted molar refractivity (Wildman–Crippen MR) is 109 cm³/mol. The van der Waals surface area contributed by atoms with Gasteiger partial charge in [-0.05, 0) is 30.2 Å². The largest absolute Gasteiger partial charge is 0.481 e. The van der Waals surface area contributed by atoms with Crippen molar-refractivity contribution in [2.24, 2.45) is 17.8 Å². The number of aliphatic carboxylic acids is 1. The van der Waals surface area contributed by atoms with Crippen LogP contribution in [0.5, 0.6) is 0 Å². The van der Waals surface area contributed by atoms with E-state index in [1.54, 1.807) is 6.92 Å². The van der Waals surface area contributed by atoms with Crippen molar-refractivity contribution in [2.45, 2.75) is 74.0 Å². The molecule has 0 aliphatic rings. The van der Waals surface area contributed by atoms with Crippen molar-refractivity contribution in [1.29, 1.82) is 0 Å². The number of carbonyl (C=O) groups excluding carboxylic acids is 1. The third-order valence-corrected chi connectivity index (χ3v) is 3.37. The lowest BCUT2D eigenvalue weighted by Crippen LogP contribution is -2.07. The molecule has 5 nitrogen and oxygen atoms in total. The topological polar surface area (TPSA) is 83.8 Å². The summed E-state index contributed by atoms with van der Waals surface area (Å²) in [5, 5.41) is 16.7. The van der Waals surface area contributed by atoms with Gasteiger partial charge in [0.05, 0.1) is 6.10 Å². The number of benzene rings is 1. The lowest BCUT2D eigenvalue weighted by atomic mass is 10.1. The van der Waals surface area contributed by atoms with E-state index >= 15 is 0 Å². The standard InChI is InChI=1S/C12H16O2.C5H10O2.C5H12O/c1-10(2)8-12(13)14-9-11-6-4-3-5-7-11;1-4(2)3-5(6)7;1-4(2)5(3)6/h3-7,10H,8-9H2,1-2H3;4H,3H2,1-2H3,(H,6,7);4-6H,1-3H3. The molecule has 0 fully saturated rings. The van der Waals surface area contributed by atoms with Crippen molar-refractivity contribution in [3.8, 4) is 0 Å². The maximum Gasteiger partial charge on any atom is 0.306 e. The number of aliphatic hydroxyl groups excluding tert-OH is 1. The first-order chi connectivity index (χ1) is 12.5. The average Bonchev–Trinajstić information content (AvgIpc) is 2.53. The van der Waals surface area contributed by atoms with E-state index < -0.39 is 5.97 Å². The first-order valence-electron chi connectivity index (χ1n) is 9.55. The summed E-state index contributed by atoms with van der Waals surface area (Å²) < 4.78 is 5.10. The summed E-state index contributed by atoms with van der Waals surface area (Å²) in [6.45, 7) is 13.9. The number of hydrogen-bond donors (Lipinski definition) is 2. The number of carboxylic acids is 1. The van der Waals surface area contributed by atoms with Gasteiger partial charge < -0.3 is 14.9 Å². The van der Waals surface area contributed by atoms with Crippen molar-refractivity contribution < 1.29 is 24.5 Å². The van der Waals surface area contributed by atoms with Gasteiger partial charge in [-0.15, -0.1) is 0 Å². The van der Waals surface area contributed by atoms with Gasteiger partial charge in [0, 0.05) is 12.8 Å². The Morgan fingerprint density at radius 1 is 0.889 bits per heavy atom. The summed E-state index contributed by atoms with van der Waals surface area (Å²) in [4.78, 5) is 21.0. The molecule has 0 saturated carbocycles. The zero-order chi connectivity index (χ0) is 21.4. The second-order valence-corrected chi connectivity index (χ2v) is 7.72. The van der Waals surface area contributed by atoms with E-state index in [1.165, 1.54) is 0 Å². The Bertz CT molecular complexity index is 487. The second-order valence-electron chi connectivity index (χ2n) is 7.72. The Balaban J connectivity index is 0. The zero-order valence-electron chi connectivity index (χ0n) is 17.9. The Morgan fingerprint density at radius 2 is 1.33 bits per heavy atom. The van der Waals surface area contributed by atoms with Gasteiger partial charge in [0.25, 0.3) is 0 Å². The number of carboxylic acid groups (broad SMARTS) is 1. The zero-order valence-corrected chi connectivity index (χ0v) is 17.9. The van der Waals surface area contributed by atoms with Crippen LogP contribution in [0.2, 0.25) is 0 Å². The number of rotatable bonds is 7. The monoisotopic (exact) mass is 382 g/mol. The van der Waals surface area contributed by atoms with Crippen LogP contribution in [0.1, 0.15) is 66.9 Å². The maximum absolute atomic E-state index is 11.2. The van der Waals surface area contributed by atoms with Crippen LogP contribution in [-0.4, -0.2) is 28.3 Å². The highest BCUT2D eigenvalue weighted by Crippen LogP contribution is 2.05. The molecule has 0 amide bonds. The molecule has 27 heavy (non-hydrogen) atoms. The fraction of sp³-hybridized carbons (Fsp3) is 0.636. The Kier molecular flexibility index (Phi) is 16.5. The normalized spacial score (nSPS) is 11.2. The molecule has 1 atom stereocenters. The highest BCUT2D eigenvalue weighted by atomic mass is 16.5. The van der Waals surface area contributed by atoms with Crippen LogP contribution in [0.4, 0.5) is 0 Å². The van der Waals surface area contributed by atoms with E-state index in [0.29, 0.717) is 24.9 Å². The Labute approximate surface area is 164 Å². The molecule has 156 valence electrons. The van der Waals surface area contributed by atoms with E-state index in [0.717, 1.165) is 5.56 Å². The molecule has 1 unspecified atom stereocenters. The van der Waals surface area contributed by atoms with Crippen molar-refractivity contribution in [1.82, 2.24) is 0 Å². The van der Waals surface area contributed by atoms with Crippen LogP contribution in [0.25, 0.3) is 0 Å². The van der Waals surface area contributed by atoms with Crippen LogP contribution < -0.4 is 0 Å². The molecular formula is C22H38O5. The van der Waals surface area contributed by atoms with E-state index in [1.807, 2.05) is 71.9 Å². The molecule has 0 bridgehead atoms. The number of esters is 1. The van der Waals surface area contributed by atoms with E-state index in [9.17, 15) is 9.59 Å². The lowest BCUT2D eigenvalue weighted by Gasteiger charge is -2.06. The van der Waals surface area contributed by atoms with Gasteiger partial charge in [0.1, 0.15) is 6.61 Å². The van der Waals surface area contributed by atoms with Crippen LogP contribution >= 0.6 is 0 Å². The van der Waals surface area contributed by atoms with Gasteiger partial charge in [-0.2, -0.15) is 0 Å². The molecule has 0 spiro atoms. The molecule has 1 rings (SSSR count). The van der Waals surface area contributed by atoms with Gasteiger partial charge in [0.15, 0.2) is 0 Å². The second kappa shape index (κ2) is 16.3.